The normalized spacial score (nSPS) is 12.5. The van der Waals surface area contributed by atoms with Crippen molar-refractivity contribution in [3.63, 3.8) is 0 Å². The monoisotopic (exact) mass is 236 g/mol. The van der Waals surface area contributed by atoms with Gasteiger partial charge in [0.15, 0.2) is 0 Å². The Labute approximate surface area is 102 Å². The molecule has 1 aromatic rings. The van der Waals surface area contributed by atoms with Crippen LogP contribution in [0.5, 0.6) is 5.75 Å². The maximum Gasteiger partial charge on any atom is 0.233 e. The second-order valence-electron chi connectivity index (χ2n) is 3.97. The Kier molecular flexibility index (Phi) is 4.97. The molecule has 17 heavy (non-hydrogen) atoms. The average Bonchev–Trinajstić information content (AvgIpc) is 2.35. The number of hydrogen-bond acceptors (Lipinski definition) is 3. The number of hydrogen-bond donors (Lipinski definition) is 2. The molecule has 0 fully saturated rings. The third kappa shape index (κ3) is 3.46. The highest BCUT2D eigenvalue weighted by molar-refractivity contribution is 5.77. The molecule has 1 unspecified atom stereocenters. The van der Waals surface area contributed by atoms with Crippen LogP contribution in [0.3, 0.4) is 0 Å². The number of carbonyl (C=O) groups is 1. The van der Waals surface area contributed by atoms with Crippen LogP contribution in [0.25, 0.3) is 0 Å². The summed E-state index contributed by atoms with van der Waals surface area (Å²) in [6, 6.07) is 7.24. The van der Waals surface area contributed by atoms with Crippen LogP contribution in [0, 0.1) is 0 Å². The van der Waals surface area contributed by atoms with Crippen molar-refractivity contribution in [3.8, 4) is 5.75 Å². The summed E-state index contributed by atoms with van der Waals surface area (Å²) in [5.41, 5.74) is 0.846. The van der Waals surface area contributed by atoms with E-state index in [1.165, 1.54) is 0 Å². The van der Waals surface area contributed by atoms with E-state index in [4.69, 9.17) is 0 Å². The molecule has 1 amide bonds. The minimum atomic E-state index is -0.0193. The van der Waals surface area contributed by atoms with Crippen LogP contribution < -0.4 is 5.32 Å². The lowest BCUT2D eigenvalue weighted by atomic mass is 10.1. The van der Waals surface area contributed by atoms with E-state index < -0.39 is 0 Å². The third-order valence-electron chi connectivity index (χ3n) is 2.97. The summed E-state index contributed by atoms with van der Waals surface area (Å²) in [5.74, 6) is 0.254. The molecule has 0 saturated carbocycles. The van der Waals surface area contributed by atoms with Crippen LogP contribution in [0.4, 0.5) is 0 Å². The van der Waals surface area contributed by atoms with Crippen molar-refractivity contribution in [2.75, 3.05) is 20.1 Å². The Morgan fingerprint density at radius 2 is 2.12 bits per heavy atom. The number of para-hydroxylation sites is 1. The van der Waals surface area contributed by atoms with E-state index in [2.05, 4.69) is 5.32 Å². The quantitative estimate of drug-likeness (QED) is 0.815. The number of rotatable bonds is 5. The van der Waals surface area contributed by atoms with Crippen molar-refractivity contribution in [3.05, 3.63) is 29.8 Å². The molecule has 1 aromatic carbocycles. The number of carbonyl (C=O) groups excluding carboxylic acids is 1. The van der Waals surface area contributed by atoms with Gasteiger partial charge in [0.05, 0.1) is 6.54 Å². The van der Waals surface area contributed by atoms with E-state index in [0.29, 0.717) is 6.54 Å². The lowest BCUT2D eigenvalue weighted by Crippen LogP contribution is -2.37. The Morgan fingerprint density at radius 3 is 2.65 bits per heavy atom. The fourth-order valence-electron chi connectivity index (χ4n) is 1.82. The number of nitrogens with one attached hydrogen (secondary N) is 1. The van der Waals surface area contributed by atoms with E-state index in [1.807, 2.05) is 30.9 Å². The Hall–Kier alpha value is -1.55. The highest BCUT2D eigenvalue weighted by Crippen LogP contribution is 2.27. The molecule has 0 aliphatic carbocycles. The molecule has 0 heterocycles. The number of likely N-dealkylation sites (N-methyl/N-ethyl adjacent to an activating group) is 2. The van der Waals surface area contributed by atoms with Gasteiger partial charge in [0.1, 0.15) is 5.75 Å². The van der Waals surface area contributed by atoms with Crippen molar-refractivity contribution in [1.29, 1.82) is 0 Å². The van der Waals surface area contributed by atoms with Crippen LogP contribution in [-0.2, 0) is 4.79 Å². The lowest BCUT2D eigenvalue weighted by molar-refractivity contribution is -0.122. The topological polar surface area (TPSA) is 52.6 Å². The SMILES string of the molecule is CCN(CC(=O)NC)C(C)c1ccccc1O. The van der Waals surface area contributed by atoms with E-state index in [1.54, 1.807) is 19.2 Å². The van der Waals surface area contributed by atoms with Crippen molar-refractivity contribution < 1.29 is 9.90 Å². The van der Waals surface area contributed by atoms with Gasteiger partial charge in [0.2, 0.25) is 5.91 Å². The standard InChI is InChI=1S/C13H20N2O2/c1-4-15(9-13(17)14-3)10(2)11-7-5-6-8-12(11)16/h5-8,10,16H,4,9H2,1-3H3,(H,14,17). The second-order valence-corrected chi connectivity index (χ2v) is 3.97. The molecule has 4 nitrogen and oxygen atoms in total. The zero-order valence-electron chi connectivity index (χ0n) is 10.6. The van der Waals surface area contributed by atoms with Crippen molar-refractivity contribution in [2.45, 2.75) is 19.9 Å². The van der Waals surface area contributed by atoms with Gasteiger partial charge in [-0.1, -0.05) is 25.1 Å². The maximum absolute atomic E-state index is 11.4. The zero-order chi connectivity index (χ0) is 12.8. The number of aromatic hydroxyl groups is 1. The van der Waals surface area contributed by atoms with Gasteiger partial charge in [-0.2, -0.15) is 0 Å². The summed E-state index contributed by atoms with van der Waals surface area (Å²) in [5, 5.41) is 12.4. The Balaban J connectivity index is 2.82. The zero-order valence-corrected chi connectivity index (χ0v) is 10.6. The molecule has 1 atom stereocenters. The summed E-state index contributed by atoms with van der Waals surface area (Å²) < 4.78 is 0. The average molecular weight is 236 g/mol. The van der Waals surface area contributed by atoms with Crippen molar-refractivity contribution in [2.24, 2.45) is 0 Å². The summed E-state index contributed by atoms with van der Waals surface area (Å²) in [6.07, 6.45) is 0. The maximum atomic E-state index is 11.4. The van der Waals surface area contributed by atoms with Gasteiger partial charge < -0.3 is 10.4 Å². The molecule has 0 aromatic heterocycles. The summed E-state index contributed by atoms with van der Waals surface area (Å²) in [6.45, 7) is 5.08. The number of amides is 1. The first-order chi connectivity index (χ1) is 8.10. The molecule has 1 rings (SSSR count). The fraction of sp³-hybridized carbons (Fsp3) is 0.462. The largest absolute Gasteiger partial charge is 0.508 e. The predicted molar refractivity (Wildman–Crippen MR) is 67.8 cm³/mol. The van der Waals surface area contributed by atoms with Gasteiger partial charge in [0, 0.05) is 18.7 Å². The smallest absolute Gasteiger partial charge is 0.233 e. The van der Waals surface area contributed by atoms with Gasteiger partial charge in [-0.15, -0.1) is 0 Å². The molecule has 0 aliphatic heterocycles. The minimum Gasteiger partial charge on any atom is -0.508 e. The number of nitrogens with zero attached hydrogens (tertiary/aromatic N) is 1. The van der Waals surface area contributed by atoms with E-state index >= 15 is 0 Å². The molecular formula is C13H20N2O2. The number of phenols is 1. The first kappa shape index (κ1) is 13.5. The van der Waals surface area contributed by atoms with Crippen LogP contribution in [0.15, 0.2) is 24.3 Å². The van der Waals surface area contributed by atoms with E-state index in [9.17, 15) is 9.90 Å². The van der Waals surface area contributed by atoms with Crippen LogP contribution in [-0.4, -0.2) is 36.1 Å². The van der Waals surface area contributed by atoms with Gasteiger partial charge in [-0.05, 0) is 19.5 Å². The molecule has 2 N–H and O–H groups in total. The minimum absolute atomic E-state index is 0.0125. The summed E-state index contributed by atoms with van der Waals surface area (Å²) >= 11 is 0. The van der Waals surface area contributed by atoms with E-state index in [-0.39, 0.29) is 17.7 Å². The second kappa shape index (κ2) is 6.25. The predicted octanol–water partition coefficient (Wildman–Crippen LogP) is 1.52. The van der Waals surface area contributed by atoms with Crippen LogP contribution in [0.2, 0.25) is 0 Å². The molecule has 4 heteroatoms. The first-order valence-electron chi connectivity index (χ1n) is 5.82. The van der Waals surface area contributed by atoms with E-state index in [0.717, 1.165) is 12.1 Å². The first-order valence-corrected chi connectivity index (χ1v) is 5.82. The lowest BCUT2D eigenvalue weighted by Gasteiger charge is -2.27. The van der Waals surface area contributed by atoms with Gasteiger partial charge in [0.25, 0.3) is 0 Å². The molecular weight excluding hydrogens is 216 g/mol. The highest BCUT2D eigenvalue weighted by Gasteiger charge is 2.18. The fourth-order valence-corrected chi connectivity index (χ4v) is 1.82. The van der Waals surface area contributed by atoms with Gasteiger partial charge in [-0.3, -0.25) is 9.69 Å². The molecule has 0 aliphatic rings. The summed E-state index contributed by atoms with van der Waals surface area (Å²) in [7, 11) is 1.63. The Bertz CT molecular complexity index is 379. The molecule has 94 valence electrons. The summed E-state index contributed by atoms with van der Waals surface area (Å²) in [4.78, 5) is 13.4. The van der Waals surface area contributed by atoms with Crippen LogP contribution in [0.1, 0.15) is 25.5 Å². The van der Waals surface area contributed by atoms with Gasteiger partial charge in [-0.25, -0.2) is 0 Å². The van der Waals surface area contributed by atoms with Crippen molar-refractivity contribution in [1.82, 2.24) is 10.2 Å². The Morgan fingerprint density at radius 1 is 1.47 bits per heavy atom. The highest BCUT2D eigenvalue weighted by atomic mass is 16.3. The molecule has 0 spiro atoms. The number of benzene rings is 1. The molecule has 0 saturated heterocycles. The molecule has 0 bridgehead atoms. The van der Waals surface area contributed by atoms with Crippen LogP contribution >= 0.6 is 0 Å². The van der Waals surface area contributed by atoms with Gasteiger partial charge >= 0.3 is 0 Å². The third-order valence-corrected chi connectivity index (χ3v) is 2.97. The molecule has 0 radical (unpaired) electrons. The van der Waals surface area contributed by atoms with Crippen molar-refractivity contribution >= 4 is 5.91 Å². The number of phenolic OH excluding ortho intramolecular Hbond substituents is 1.